The van der Waals surface area contributed by atoms with Crippen LogP contribution >= 0.6 is 0 Å². The van der Waals surface area contributed by atoms with Crippen LogP contribution in [0.3, 0.4) is 0 Å². The molecule has 3 aliphatic rings. The van der Waals surface area contributed by atoms with Gasteiger partial charge < -0.3 is 9.64 Å². The van der Waals surface area contributed by atoms with Gasteiger partial charge in [-0.1, -0.05) is 72.8 Å². The first-order valence-electron chi connectivity index (χ1n) is 14.3. The molecule has 0 aromatic heterocycles. The second kappa shape index (κ2) is 11.8. The Kier molecular flexibility index (Phi) is 8.01. The molecular weight excluding hydrogens is 529 g/mol. The van der Waals surface area contributed by atoms with E-state index in [1.165, 1.54) is 11.1 Å². The Morgan fingerprint density at radius 2 is 1.54 bits per heavy atom. The Labute approximate surface area is 238 Å². The molecule has 6 nitrogen and oxygen atoms in total. The number of amides is 1. The van der Waals surface area contributed by atoms with Gasteiger partial charge in [0.2, 0.25) is 5.91 Å². The minimum atomic E-state index is -4.61. The molecule has 2 atom stereocenters. The van der Waals surface area contributed by atoms with Gasteiger partial charge in [-0.25, -0.2) is 5.43 Å². The van der Waals surface area contributed by atoms with Gasteiger partial charge in [0.05, 0.1) is 0 Å². The van der Waals surface area contributed by atoms with E-state index < -0.39 is 24.0 Å². The van der Waals surface area contributed by atoms with Crippen molar-refractivity contribution in [2.45, 2.75) is 50.2 Å². The number of benzene rings is 3. The van der Waals surface area contributed by atoms with E-state index in [0.717, 1.165) is 49.4 Å². The summed E-state index contributed by atoms with van der Waals surface area (Å²) in [6, 6.07) is 26.0. The fraction of sp³-hybridized carbons (Fsp3) is 0.406. The lowest BCUT2D eigenvalue weighted by Gasteiger charge is -2.38. The van der Waals surface area contributed by atoms with E-state index >= 15 is 0 Å². The third-order valence-corrected chi connectivity index (χ3v) is 8.65. The maximum Gasteiger partial charge on any atom is 0.402 e. The summed E-state index contributed by atoms with van der Waals surface area (Å²) in [5, 5.41) is 0. The van der Waals surface area contributed by atoms with Crippen molar-refractivity contribution < 1.29 is 22.7 Å². The first kappa shape index (κ1) is 27.8. The Balaban J connectivity index is 1.09. The Morgan fingerprint density at radius 3 is 2.17 bits per heavy atom. The maximum atomic E-state index is 13.8. The molecule has 0 spiro atoms. The molecular formula is C32H35F3N4O2. The van der Waals surface area contributed by atoms with Crippen molar-refractivity contribution in [2.75, 3.05) is 26.2 Å². The van der Waals surface area contributed by atoms with Crippen LogP contribution in [0.2, 0.25) is 0 Å². The molecule has 2 N–H and O–H groups in total. The van der Waals surface area contributed by atoms with Gasteiger partial charge in [-0.15, -0.1) is 0 Å². The van der Waals surface area contributed by atoms with Crippen LogP contribution in [0.5, 0.6) is 5.75 Å². The number of hydrazine groups is 1. The number of hydrogen-bond donors (Lipinski definition) is 2. The third kappa shape index (κ3) is 6.12. The van der Waals surface area contributed by atoms with Crippen LogP contribution in [0.1, 0.15) is 41.0 Å². The molecule has 0 radical (unpaired) electrons. The van der Waals surface area contributed by atoms with Crippen LogP contribution in [0.25, 0.3) is 0 Å². The number of rotatable bonds is 7. The lowest BCUT2D eigenvalue weighted by atomic mass is 9.90. The minimum absolute atomic E-state index is 0.0332. The number of piperidine rings is 1. The Hall–Kier alpha value is -3.40. The van der Waals surface area contributed by atoms with Gasteiger partial charge in [-0.3, -0.25) is 15.1 Å². The van der Waals surface area contributed by atoms with E-state index in [-0.39, 0.29) is 18.6 Å². The number of nitrogens with zero attached hydrogens (tertiary/aromatic N) is 2. The molecule has 2 saturated heterocycles. The summed E-state index contributed by atoms with van der Waals surface area (Å²) >= 11 is 0. The van der Waals surface area contributed by atoms with Gasteiger partial charge in [0.1, 0.15) is 11.9 Å². The first-order valence-corrected chi connectivity index (χ1v) is 14.3. The number of halogens is 3. The molecule has 41 heavy (non-hydrogen) atoms. The van der Waals surface area contributed by atoms with E-state index in [9.17, 15) is 18.0 Å². The van der Waals surface area contributed by atoms with E-state index in [4.69, 9.17) is 4.74 Å². The summed E-state index contributed by atoms with van der Waals surface area (Å²) in [7, 11) is 0. The highest BCUT2D eigenvalue weighted by molar-refractivity contribution is 5.80. The molecule has 0 saturated carbocycles. The molecule has 9 heteroatoms. The second-order valence-corrected chi connectivity index (χ2v) is 11.2. The predicted molar refractivity (Wildman–Crippen MR) is 150 cm³/mol. The highest BCUT2D eigenvalue weighted by Crippen LogP contribution is 2.39. The molecule has 0 aliphatic carbocycles. The van der Waals surface area contributed by atoms with E-state index in [1.54, 1.807) is 4.90 Å². The fourth-order valence-electron chi connectivity index (χ4n) is 6.50. The highest BCUT2D eigenvalue weighted by Gasteiger charge is 2.53. The number of fused-ring (bicyclic) bond motifs is 1. The molecule has 216 valence electrons. The van der Waals surface area contributed by atoms with Crippen molar-refractivity contribution in [3.63, 3.8) is 0 Å². The molecule has 2 fully saturated rings. The summed E-state index contributed by atoms with van der Waals surface area (Å²) in [6.45, 7) is 3.48. The summed E-state index contributed by atoms with van der Waals surface area (Å²) < 4.78 is 47.8. The molecule has 1 amide bonds. The zero-order valence-electron chi connectivity index (χ0n) is 22.8. The number of carbonyl (C=O) groups excluding carboxylic acids is 1. The number of nitrogens with one attached hydrogen (secondary N) is 2. The SMILES string of the molecule is O=C1NNCC(N2Cc3cccc(OC4CCN(CC(c5ccccc5)c5ccccc5)CC4)c3C2)C1C(F)(F)F. The van der Waals surface area contributed by atoms with Gasteiger partial charge in [0, 0.05) is 56.8 Å². The van der Waals surface area contributed by atoms with Crippen molar-refractivity contribution >= 4 is 5.91 Å². The lowest BCUT2D eigenvalue weighted by molar-refractivity contribution is -0.201. The average molecular weight is 565 g/mol. The molecule has 3 aliphatic heterocycles. The molecule has 6 rings (SSSR count). The number of hydrogen-bond acceptors (Lipinski definition) is 5. The zero-order valence-corrected chi connectivity index (χ0v) is 22.8. The van der Waals surface area contributed by atoms with Crippen LogP contribution in [0, 0.1) is 5.92 Å². The van der Waals surface area contributed by atoms with Gasteiger partial charge in [-0.2, -0.15) is 13.2 Å². The largest absolute Gasteiger partial charge is 0.490 e. The number of alkyl halides is 3. The summed E-state index contributed by atoms with van der Waals surface area (Å²) in [4.78, 5) is 16.4. The van der Waals surface area contributed by atoms with Gasteiger partial charge in [-0.05, 0) is 35.6 Å². The van der Waals surface area contributed by atoms with Crippen molar-refractivity contribution in [3.05, 3.63) is 101 Å². The van der Waals surface area contributed by atoms with Crippen LogP contribution in [-0.2, 0) is 17.9 Å². The van der Waals surface area contributed by atoms with E-state index in [0.29, 0.717) is 13.1 Å². The van der Waals surface area contributed by atoms with Crippen LogP contribution in [0.4, 0.5) is 13.2 Å². The standard InChI is InChI=1S/C32H35F3N4O2/c33-32(34,35)30-28(18-36-37-31(30)40)39-19-24-12-7-13-29(27(24)21-39)41-25-14-16-38(17-15-25)20-26(22-8-3-1-4-9-22)23-10-5-2-6-11-23/h1-13,25-26,28,30,36H,14-21H2,(H,37,40). The van der Waals surface area contributed by atoms with Crippen molar-refractivity contribution in [3.8, 4) is 5.75 Å². The second-order valence-electron chi connectivity index (χ2n) is 11.2. The maximum absolute atomic E-state index is 13.8. The van der Waals surface area contributed by atoms with Crippen molar-refractivity contribution in [1.29, 1.82) is 0 Å². The van der Waals surface area contributed by atoms with Gasteiger partial charge in [0.15, 0.2) is 5.92 Å². The normalized spacial score (nSPS) is 22.5. The third-order valence-electron chi connectivity index (χ3n) is 8.65. The molecule has 3 aromatic carbocycles. The molecule has 3 heterocycles. The summed E-state index contributed by atoms with van der Waals surface area (Å²) in [5.74, 6) is -2.07. The lowest BCUT2D eigenvalue weighted by Crippen LogP contribution is -2.63. The Morgan fingerprint density at radius 1 is 0.878 bits per heavy atom. The topological polar surface area (TPSA) is 56.8 Å². The van der Waals surface area contributed by atoms with Gasteiger partial charge in [0.25, 0.3) is 0 Å². The minimum Gasteiger partial charge on any atom is -0.490 e. The van der Waals surface area contributed by atoms with E-state index in [2.05, 4.69) is 64.3 Å². The van der Waals surface area contributed by atoms with Crippen molar-refractivity contribution in [2.24, 2.45) is 5.92 Å². The molecule has 0 bridgehead atoms. The number of carbonyl (C=O) groups is 1. The summed E-state index contributed by atoms with van der Waals surface area (Å²) in [5.41, 5.74) is 9.28. The highest BCUT2D eigenvalue weighted by atomic mass is 19.4. The quantitative estimate of drug-likeness (QED) is 0.430. The molecule has 2 unspecified atom stereocenters. The molecule has 3 aromatic rings. The zero-order chi connectivity index (χ0) is 28.4. The van der Waals surface area contributed by atoms with Gasteiger partial charge >= 0.3 is 6.18 Å². The van der Waals surface area contributed by atoms with Crippen LogP contribution < -0.4 is 15.6 Å². The fourth-order valence-corrected chi connectivity index (χ4v) is 6.50. The van der Waals surface area contributed by atoms with Crippen LogP contribution in [-0.4, -0.2) is 60.2 Å². The predicted octanol–water partition coefficient (Wildman–Crippen LogP) is 4.86. The smallest absolute Gasteiger partial charge is 0.402 e. The van der Waals surface area contributed by atoms with Crippen molar-refractivity contribution in [1.82, 2.24) is 20.7 Å². The van der Waals surface area contributed by atoms with Crippen LogP contribution in [0.15, 0.2) is 78.9 Å². The monoisotopic (exact) mass is 564 g/mol. The first-order chi connectivity index (χ1) is 19.9. The average Bonchev–Trinajstić information content (AvgIpc) is 3.42. The Bertz CT molecular complexity index is 1290. The number of likely N-dealkylation sites (tertiary alicyclic amines) is 1. The number of ether oxygens (including phenoxy) is 1. The summed E-state index contributed by atoms with van der Waals surface area (Å²) in [6.07, 6.45) is -2.80. The van der Waals surface area contributed by atoms with E-state index in [1.807, 2.05) is 30.3 Å².